The molecule has 0 saturated carbocycles. The summed E-state index contributed by atoms with van der Waals surface area (Å²) in [7, 11) is 0. The second kappa shape index (κ2) is 6.14. The fraction of sp³-hybridized carbons (Fsp3) is 0.316. The van der Waals surface area contributed by atoms with Crippen molar-refractivity contribution in [2.24, 2.45) is 0 Å². The molecule has 4 nitrogen and oxygen atoms in total. The zero-order valence-electron chi connectivity index (χ0n) is 13.4. The molecule has 0 unspecified atom stereocenters. The van der Waals surface area contributed by atoms with Gasteiger partial charge in [-0.2, -0.15) is 0 Å². The van der Waals surface area contributed by atoms with Gasteiger partial charge >= 0.3 is 0 Å². The number of fused-ring (bicyclic) bond motifs is 1. The summed E-state index contributed by atoms with van der Waals surface area (Å²) in [6.45, 7) is 6.73. The Hall–Kier alpha value is -2.17. The number of morpholine rings is 1. The van der Waals surface area contributed by atoms with E-state index in [1.165, 1.54) is 22.0 Å². The fourth-order valence-corrected chi connectivity index (χ4v) is 3.17. The average Bonchev–Trinajstić information content (AvgIpc) is 3.02. The minimum atomic E-state index is 0.838. The Morgan fingerprint density at radius 1 is 1.09 bits per heavy atom. The Morgan fingerprint density at radius 2 is 1.96 bits per heavy atom. The van der Waals surface area contributed by atoms with E-state index in [4.69, 9.17) is 4.74 Å². The first-order chi connectivity index (χ1) is 11.3. The third kappa shape index (κ3) is 2.87. The van der Waals surface area contributed by atoms with Crippen LogP contribution in [0.15, 0.2) is 48.8 Å². The van der Waals surface area contributed by atoms with E-state index < -0.39 is 0 Å². The highest BCUT2D eigenvalue weighted by molar-refractivity contribution is 5.85. The van der Waals surface area contributed by atoms with Crippen molar-refractivity contribution in [3.8, 4) is 5.82 Å². The van der Waals surface area contributed by atoms with Crippen LogP contribution in [0.2, 0.25) is 0 Å². The normalized spacial score (nSPS) is 16.0. The fourth-order valence-electron chi connectivity index (χ4n) is 3.17. The predicted octanol–water partition coefficient (Wildman–Crippen LogP) is 3.17. The summed E-state index contributed by atoms with van der Waals surface area (Å²) < 4.78 is 7.61. The zero-order valence-corrected chi connectivity index (χ0v) is 13.4. The Labute approximate surface area is 136 Å². The largest absolute Gasteiger partial charge is 0.379 e. The van der Waals surface area contributed by atoms with Gasteiger partial charge in [-0.05, 0) is 36.2 Å². The molecule has 0 radical (unpaired) electrons. The van der Waals surface area contributed by atoms with Crippen LogP contribution in [-0.4, -0.2) is 40.8 Å². The first kappa shape index (κ1) is 14.4. The van der Waals surface area contributed by atoms with Gasteiger partial charge in [-0.3, -0.25) is 4.90 Å². The Balaban J connectivity index is 1.69. The number of hydrogen-bond donors (Lipinski definition) is 0. The van der Waals surface area contributed by atoms with E-state index in [9.17, 15) is 0 Å². The molecule has 2 aromatic heterocycles. The van der Waals surface area contributed by atoms with Crippen LogP contribution in [0.1, 0.15) is 11.1 Å². The topological polar surface area (TPSA) is 30.3 Å². The number of nitrogens with zero attached hydrogens (tertiary/aromatic N) is 3. The molecule has 0 aliphatic carbocycles. The van der Waals surface area contributed by atoms with Crippen molar-refractivity contribution >= 4 is 10.9 Å². The molecule has 1 aliphatic heterocycles. The van der Waals surface area contributed by atoms with E-state index in [1.54, 1.807) is 0 Å². The van der Waals surface area contributed by atoms with Gasteiger partial charge in [0.15, 0.2) is 0 Å². The van der Waals surface area contributed by atoms with Crippen LogP contribution >= 0.6 is 0 Å². The lowest BCUT2D eigenvalue weighted by atomic mass is 10.1. The number of aromatic nitrogens is 2. The first-order valence-corrected chi connectivity index (χ1v) is 8.13. The lowest BCUT2D eigenvalue weighted by Crippen LogP contribution is -2.35. The zero-order chi connectivity index (χ0) is 15.6. The first-order valence-electron chi connectivity index (χ1n) is 8.13. The lowest BCUT2D eigenvalue weighted by molar-refractivity contribution is 0.0344. The molecule has 0 spiro atoms. The van der Waals surface area contributed by atoms with Crippen LogP contribution in [0.4, 0.5) is 0 Å². The third-order valence-corrected chi connectivity index (χ3v) is 4.46. The highest BCUT2D eigenvalue weighted by atomic mass is 16.5. The number of rotatable bonds is 3. The van der Waals surface area contributed by atoms with Crippen molar-refractivity contribution < 1.29 is 4.74 Å². The molecule has 23 heavy (non-hydrogen) atoms. The van der Waals surface area contributed by atoms with Crippen molar-refractivity contribution in [2.75, 3.05) is 26.3 Å². The van der Waals surface area contributed by atoms with Gasteiger partial charge in [0.05, 0.1) is 18.7 Å². The minimum absolute atomic E-state index is 0.838. The molecule has 1 aromatic carbocycles. The number of hydrogen-bond acceptors (Lipinski definition) is 3. The Morgan fingerprint density at radius 3 is 2.74 bits per heavy atom. The van der Waals surface area contributed by atoms with Crippen molar-refractivity contribution in [3.05, 3.63) is 59.9 Å². The van der Waals surface area contributed by atoms with Crippen molar-refractivity contribution in [1.82, 2.24) is 14.5 Å². The third-order valence-electron chi connectivity index (χ3n) is 4.46. The van der Waals surface area contributed by atoms with Crippen molar-refractivity contribution in [2.45, 2.75) is 13.5 Å². The van der Waals surface area contributed by atoms with E-state index in [1.807, 2.05) is 6.20 Å². The van der Waals surface area contributed by atoms with Gasteiger partial charge in [-0.25, -0.2) is 4.98 Å². The minimum Gasteiger partial charge on any atom is -0.379 e. The SMILES string of the molecule is Cc1ccc(-n2ccc3c(CN4CCOCC4)cccc32)nc1. The standard InChI is InChI=1S/C19H21N3O/c1-15-5-6-19(20-13-15)22-8-7-17-16(3-2-4-18(17)22)14-21-9-11-23-12-10-21/h2-8,13H,9-12,14H2,1H3. The van der Waals surface area contributed by atoms with Gasteiger partial charge < -0.3 is 9.30 Å². The lowest BCUT2D eigenvalue weighted by Gasteiger charge is -2.26. The number of ether oxygens (including phenoxy) is 1. The van der Waals surface area contributed by atoms with Crippen LogP contribution in [-0.2, 0) is 11.3 Å². The van der Waals surface area contributed by atoms with E-state index >= 15 is 0 Å². The summed E-state index contributed by atoms with van der Waals surface area (Å²) in [5.74, 6) is 0.967. The smallest absolute Gasteiger partial charge is 0.137 e. The molecule has 4 heteroatoms. The molecule has 3 aromatic rings. The maximum Gasteiger partial charge on any atom is 0.137 e. The summed E-state index contributed by atoms with van der Waals surface area (Å²) >= 11 is 0. The summed E-state index contributed by atoms with van der Waals surface area (Å²) in [4.78, 5) is 7.01. The molecular formula is C19H21N3O. The molecule has 1 fully saturated rings. The summed E-state index contributed by atoms with van der Waals surface area (Å²) in [5, 5.41) is 1.31. The van der Waals surface area contributed by atoms with E-state index in [0.29, 0.717) is 0 Å². The van der Waals surface area contributed by atoms with Gasteiger partial charge in [0, 0.05) is 37.4 Å². The van der Waals surface area contributed by atoms with Crippen LogP contribution in [0.3, 0.4) is 0 Å². The second-order valence-corrected chi connectivity index (χ2v) is 6.12. The number of pyridine rings is 1. The molecule has 3 heterocycles. The Kier molecular flexibility index (Phi) is 3.85. The number of benzene rings is 1. The number of aryl methyl sites for hydroxylation is 1. The van der Waals surface area contributed by atoms with Crippen LogP contribution in [0.25, 0.3) is 16.7 Å². The van der Waals surface area contributed by atoms with Gasteiger partial charge in [-0.1, -0.05) is 18.2 Å². The monoisotopic (exact) mass is 307 g/mol. The molecular weight excluding hydrogens is 286 g/mol. The average molecular weight is 307 g/mol. The maximum absolute atomic E-state index is 5.44. The molecule has 118 valence electrons. The molecule has 0 atom stereocenters. The quantitative estimate of drug-likeness (QED) is 0.744. The highest BCUT2D eigenvalue weighted by Gasteiger charge is 2.13. The molecule has 1 saturated heterocycles. The van der Waals surface area contributed by atoms with E-state index in [0.717, 1.165) is 38.7 Å². The van der Waals surface area contributed by atoms with E-state index in [2.05, 4.69) is 64.0 Å². The van der Waals surface area contributed by atoms with Crippen LogP contribution in [0, 0.1) is 6.92 Å². The van der Waals surface area contributed by atoms with Crippen molar-refractivity contribution in [3.63, 3.8) is 0 Å². The predicted molar refractivity (Wildman–Crippen MR) is 91.9 cm³/mol. The molecule has 0 bridgehead atoms. The molecule has 4 rings (SSSR count). The van der Waals surface area contributed by atoms with Crippen LogP contribution in [0.5, 0.6) is 0 Å². The van der Waals surface area contributed by atoms with Gasteiger partial charge in [-0.15, -0.1) is 0 Å². The van der Waals surface area contributed by atoms with Crippen LogP contribution < -0.4 is 0 Å². The summed E-state index contributed by atoms with van der Waals surface area (Å²) in [5.41, 5.74) is 3.76. The van der Waals surface area contributed by atoms with Gasteiger partial charge in [0.2, 0.25) is 0 Å². The second-order valence-electron chi connectivity index (χ2n) is 6.12. The summed E-state index contributed by atoms with van der Waals surface area (Å²) in [6.07, 6.45) is 4.03. The van der Waals surface area contributed by atoms with Gasteiger partial charge in [0.1, 0.15) is 5.82 Å². The van der Waals surface area contributed by atoms with E-state index in [-0.39, 0.29) is 0 Å². The maximum atomic E-state index is 5.44. The molecule has 0 N–H and O–H groups in total. The van der Waals surface area contributed by atoms with Gasteiger partial charge in [0.25, 0.3) is 0 Å². The highest BCUT2D eigenvalue weighted by Crippen LogP contribution is 2.24. The van der Waals surface area contributed by atoms with Crippen molar-refractivity contribution in [1.29, 1.82) is 0 Å². The Bertz CT molecular complexity index is 801. The summed E-state index contributed by atoms with van der Waals surface area (Å²) in [6, 6.07) is 12.9. The molecule has 0 amide bonds. The molecule has 1 aliphatic rings.